The molecule has 0 spiro atoms. The molecule has 1 heterocycles. The van der Waals surface area contributed by atoms with E-state index in [0.29, 0.717) is 37.4 Å². The van der Waals surface area contributed by atoms with E-state index in [1.165, 1.54) is 12.1 Å². The van der Waals surface area contributed by atoms with Gasteiger partial charge in [0.05, 0.1) is 0 Å². The van der Waals surface area contributed by atoms with Gasteiger partial charge in [-0.15, -0.1) is 0 Å². The Morgan fingerprint density at radius 1 is 1.14 bits per heavy atom. The van der Waals surface area contributed by atoms with Gasteiger partial charge >= 0.3 is 6.03 Å². The third kappa shape index (κ3) is 3.21. The molecular formula is C16H20FN3O2. The molecule has 1 N–H and O–H groups in total. The van der Waals surface area contributed by atoms with Crippen molar-refractivity contribution in [1.29, 1.82) is 0 Å². The van der Waals surface area contributed by atoms with Crippen molar-refractivity contribution >= 4 is 17.6 Å². The van der Waals surface area contributed by atoms with Gasteiger partial charge in [0.2, 0.25) is 5.91 Å². The molecule has 2 aliphatic rings. The summed E-state index contributed by atoms with van der Waals surface area (Å²) in [7, 11) is 0. The molecule has 6 heteroatoms. The number of piperazine rings is 1. The average molecular weight is 305 g/mol. The third-order valence-corrected chi connectivity index (χ3v) is 4.24. The first-order valence-electron chi connectivity index (χ1n) is 7.65. The smallest absolute Gasteiger partial charge is 0.321 e. The van der Waals surface area contributed by atoms with Crippen LogP contribution in [0.4, 0.5) is 14.9 Å². The van der Waals surface area contributed by atoms with Crippen LogP contribution in [0.2, 0.25) is 0 Å². The minimum absolute atomic E-state index is 0.201. The van der Waals surface area contributed by atoms with Crippen LogP contribution in [0.3, 0.4) is 0 Å². The van der Waals surface area contributed by atoms with Gasteiger partial charge < -0.3 is 15.1 Å². The summed E-state index contributed by atoms with van der Waals surface area (Å²) < 4.78 is 13.1. The van der Waals surface area contributed by atoms with Gasteiger partial charge in [0.25, 0.3) is 0 Å². The minimum atomic E-state index is -0.317. The lowest BCUT2D eigenvalue weighted by molar-refractivity contribution is -0.133. The average Bonchev–Trinajstić information content (AvgIpc) is 3.34. The van der Waals surface area contributed by atoms with Crippen molar-refractivity contribution in [2.75, 3.05) is 31.5 Å². The summed E-state index contributed by atoms with van der Waals surface area (Å²) in [5, 5.41) is 2.80. The Kier molecular flexibility index (Phi) is 4.00. The van der Waals surface area contributed by atoms with Crippen LogP contribution in [0.5, 0.6) is 0 Å². The minimum Gasteiger partial charge on any atom is -0.339 e. The lowest BCUT2D eigenvalue weighted by Gasteiger charge is -2.35. The highest BCUT2D eigenvalue weighted by Gasteiger charge is 2.35. The van der Waals surface area contributed by atoms with Gasteiger partial charge in [-0.3, -0.25) is 4.79 Å². The molecule has 1 saturated heterocycles. The van der Waals surface area contributed by atoms with E-state index in [-0.39, 0.29) is 23.7 Å². The van der Waals surface area contributed by atoms with Gasteiger partial charge in [0.15, 0.2) is 0 Å². The number of halogens is 1. The maximum atomic E-state index is 13.1. The van der Waals surface area contributed by atoms with Crippen molar-refractivity contribution in [3.8, 4) is 0 Å². The molecule has 3 rings (SSSR count). The van der Waals surface area contributed by atoms with E-state index in [9.17, 15) is 14.0 Å². The molecule has 118 valence electrons. The number of nitrogens with zero attached hydrogens (tertiary/aromatic N) is 2. The topological polar surface area (TPSA) is 52.7 Å². The largest absolute Gasteiger partial charge is 0.339 e. The molecule has 0 unspecified atom stereocenters. The molecule has 1 aliphatic heterocycles. The van der Waals surface area contributed by atoms with Crippen molar-refractivity contribution < 1.29 is 14.0 Å². The van der Waals surface area contributed by atoms with Gasteiger partial charge in [-0.1, -0.05) is 0 Å². The SMILES string of the molecule is Cc1cc(F)ccc1NC(=O)N1CCN(C(=O)C2CC2)CC1. The summed E-state index contributed by atoms with van der Waals surface area (Å²) in [6, 6.07) is 4.08. The Balaban J connectivity index is 1.54. The van der Waals surface area contributed by atoms with E-state index in [1.807, 2.05) is 4.90 Å². The van der Waals surface area contributed by atoms with Crippen LogP contribution in [-0.4, -0.2) is 47.9 Å². The third-order valence-electron chi connectivity index (χ3n) is 4.24. The maximum absolute atomic E-state index is 13.1. The number of hydrogen-bond donors (Lipinski definition) is 1. The van der Waals surface area contributed by atoms with Crippen molar-refractivity contribution in [2.45, 2.75) is 19.8 Å². The lowest BCUT2D eigenvalue weighted by Crippen LogP contribution is -2.52. The summed E-state index contributed by atoms with van der Waals surface area (Å²) in [5.74, 6) is 0.138. The Labute approximate surface area is 129 Å². The molecule has 0 aromatic heterocycles. The van der Waals surface area contributed by atoms with Crippen LogP contribution in [0.1, 0.15) is 18.4 Å². The number of carbonyl (C=O) groups excluding carboxylic acids is 2. The van der Waals surface area contributed by atoms with Gasteiger partial charge in [0, 0.05) is 37.8 Å². The summed E-state index contributed by atoms with van der Waals surface area (Å²) in [5.41, 5.74) is 1.30. The van der Waals surface area contributed by atoms with E-state index in [4.69, 9.17) is 0 Å². The summed E-state index contributed by atoms with van der Waals surface area (Å²) in [6.07, 6.45) is 2.01. The molecule has 22 heavy (non-hydrogen) atoms. The molecule has 0 radical (unpaired) electrons. The van der Waals surface area contributed by atoms with Gasteiger partial charge in [0.1, 0.15) is 5.82 Å². The highest BCUT2D eigenvalue weighted by molar-refractivity contribution is 5.90. The number of carbonyl (C=O) groups is 2. The normalized spacial score (nSPS) is 18.3. The van der Waals surface area contributed by atoms with E-state index in [0.717, 1.165) is 12.8 Å². The molecule has 1 aliphatic carbocycles. The number of urea groups is 1. The van der Waals surface area contributed by atoms with Crippen LogP contribution in [0.25, 0.3) is 0 Å². The maximum Gasteiger partial charge on any atom is 0.321 e. The molecule has 1 aromatic carbocycles. The lowest BCUT2D eigenvalue weighted by atomic mass is 10.2. The summed E-state index contributed by atoms with van der Waals surface area (Å²) >= 11 is 0. The summed E-state index contributed by atoms with van der Waals surface area (Å²) in [6.45, 7) is 4.00. The fraction of sp³-hybridized carbons (Fsp3) is 0.500. The van der Waals surface area contributed by atoms with Gasteiger partial charge in [-0.05, 0) is 43.5 Å². The fourth-order valence-corrected chi connectivity index (χ4v) is 2.68. The van der Waals surface area contributed by atoms with Crippen LogP contribution < -0.4 is 5.32 Å². The summed E-state index contributed by atoms with van der Waals surface area (Å²) in [4.78, 5) is 27.8. The predicted molar refractivity (Wildman–Crippen MR) is 81.0 cm³/mol. The second kappa shape index (κ2) is 5.94. The second-order valence-electron chi connectivity index (χ2n) is 5.98. The highest BCUT2D eigenvalue weighted by atomic mass is 19.1. The van der Waals surface area contributed by atoms with Gasteiger partial charge in [-0.25, -0.2) is 9.18 Å². The number of hydrogen-bond acceptors (Lipinski definition) is 2. The van der Waals surface area contributed by atoms with Crippen molar-refractivity contribution in [2.24, 2.45) is 5.92 Å². The van der Waals surface area contributed by atoms with Crippen LogP contribution in [-0.2, 0) is 4.79 Å². The molecule has 3 amide bonds. The van der Waals surface area contributed by atoms with Crippen LogP contribution >= 0.6 is 0 Å². The van der Waals surface area contributed by atoms with E-state index < -0.39 is 0 Å². The molecular weight excluding hydrogens is 285 g/mol. The first kappa shape index (κ1) is 14.8. The van der Waals surface area contributed by atoms with Crippen LogP contribution in [0.15, 0.2) is 18.2 Å². The first-order valence-corrected chi connectivity index (χ1v) is 7.65. The number of amides is 3. The molecule has 1 saturated carbocycles. The molecule has 2 fully saturated rings. The quantitative estimate of drug-likeness (QED) is 0.911. The van der Waals surface area contributed by atoms with Crippen LogP contribution in [0, 0.1) is 18.7 Å². The molecule has 0 atom stereocenters. The van der Waals surface area contributed by atoms with Crippen molar-refractivity contribution in [1.82, 2.24) is 9.80 Å². The second-order valence-corrected chi connectivity index (χ2v) is 5.98. The number of anilines is 1. The number of rotatable bonds is 2. The zero-order valence-corrected chi connectivity index (χ0v) is 12.6. The Morgan fingerprint density at radius 2 is 1.77 bits per heavy atom. The number of nitrogens with one attached hydrogen (secondary N) is 1. The van der Waals surface area contributed by atoms with E-state index >= 15 is 0 Å². The highest BCUT2D eigenvalue weighted by Crippen LogP contribution is 2.31. The Bertz CT molecular complexity index is 593. The fourth-order valence-electron chi connectivity index (χ4n) is 2.68. The monoisotopic (exact) mass is 305 g/mol. The zero-order chi connectivity index (χ0) is 15.7. The zero-order valence-electron chi connectivity index (χ0n) is 12.6. The Hall–Kier alpha value is -2.11. The van der Waals surface area contributed by atoms with Crippen molar-refractivity contribution in [3.63, 3.8) is 0 Å². The first-order chi connectivity index (χ1) is 10.5. The predicted octanol–water partition coefficient (Wildman–Crippen LogP) is 2.22. The van der Waals surface area contributed by atoms with E-state index in [1.54, 1.807) is 17.9 Å². The Morgan fingerprint density at radius 3 is 2.36 bits per heavy atom. The number of aryl methyl sites for hydroxylation is 1. The van der Waals surface area contributed by atoms with Gasteiger partial charge in [-0.2, -0.15) is 0 Å². The van der Waals surface area contributed by atoms with Crippen molar-refractivity contribution in [3.05, 3.63) is 29.6 Å². The standard InChI is InChI=1S/C16H20FN3O2/c1-11-10-13(17)4-5-14(11)18-16(22)20-8-6-19(7-9-20)15(21)12-2-3-12/h4-5,10,12H,2-3,6-9H2,1H3,(H,18,22). The molecule has 0 bridgehead atoms. The number of benzene rings is 1. The van der Waals surface area contributed by atoms with E-state index in [2.05, 4.69) is 5.32 Å². The molecule has 1 aromatic rings. The molecule has 5 nitrogen and oxygen atoms in total.